The van der Waals surface area contributed by atoms with Gasteiger partial charge in [-0.15, -0.1) is 0 Å². The van der Waals surface area contributed by atoms with Crippen LogP contribution in [-0.4, -0.2) is 15.5 Å². The maximum atomic E-state index is 14.0. The van der Waals surface area contributed by atoms with Crippen molar-refractivity contribution in [3.8, 4) is 0 Å². The molecule has 1 aromatic heterocycles. The second-order valence-electron chi connectivity index (χ2n) is 8.56. The van der Waals surface area contributed by atoms with Crippen molar-refractivity contribution in [2.75, 3.05) is 16.4 Å². The Morgan fingerprint density at radius 3 is 2.22 bits per heavy atom. The topological polar surface area (TPSA) is 75.9 Å². The van der Waals surface area contributed by atoms with Gasteiger partial charge >= 0.3 is 0 Å². The minimum absolute atomic E-state index is 0.0651. The zero-order valence-corrected chi connectivity index (χ0v) is 15.0. The van der Waals surface area contributed by atoms with E-state index in [1.54, 1.807) is 0 Å². The van der Waals surface area contributed by atoms with Crippen LogP contribution in [0.4, 0.5) is 31.8 Å². The number of aromatic nitrogens is 2. The number of nitrogens with two attached hydrogens (primary N) is 1. The Morgan fingerprint density at radius 2 is 1.59 bits per heavy atom. The molecule has 4 N–H and O–H groups in total. The second-order valence-corrected chi connectivity index (χ2v) is 8.56. The largest absolute Gasteiger partial charge is 0.393 e. The number of nitrogen functional groups attached to an aromatic ring is 1. The Morgan fingerprint density at radius 1 is 0.963 bits per heavy atom. The average molecular weight is 371 g/mol. The zero-order chi connectivity index (χ0) is 18.6. The van der Waals surface area contributed by atoms with Crippen LogP contribution in [0.2, 0.25) is 0 Å². The van der Waals surface area contributed by atoms with Gasteiger partial charge < -0.3 is 16.4 Å². The van der Waals surface area contributed by atoms with E-state index in [1.165, 1.54) is 57.0 Å². The Hall–Kier alpha value is -2.44. The Kier molecular flexibility index (Phi) is 3.74. The van der Waals surface area contributed by atoms with Crippen molar-refractivity contribution < 1.29 is 8.78 Å². The Balaban J connectivity index is 1.40. The molecule has 27 heavy (non-hydrogen) atoms. The van der Waals surface area contributed by atoms with Gasteiger partial charge in [-0.2, -0.15) is 0 Å². The summed E-state index contributed by atoms with van der Waals surface area (Å²) >= 11 is 0. The van der Waals surface area contributed by atoms with E-state index in [9.17, 15) is 8.78 Å². The van der Waals surface area contributed by atoms with Crippen molar-refractivity contribution in [1.82, 2.24) is 9.97 Å². The van der Waals surface area contributed by atoms with E-state index in [4.69, 9.17) is 5.73 Å². The van der Waals surface area contributed by atoms with E-state index in [2.05, 4.69) is 20.6 Å². The van der Waals surface area contributed by atoms with Crippen molar-refractivity contribution in [3.05, 3.63) is 36.2 Å². The molecule has 0 radical (unpaired) electrons. The van der Waals surface area contributed by atoms with E-state index in [0.29, 0.717) is 17.3 Å². The molecule has 1 heterocycles. The van der Waals surface area contributed by atoms with Crippen LogP contribution in [0.1, 0.15) is 38.5 Å². The van der Waals surface area contributed by atoms with Crippen LogP contribution in [0.3, 0.4) is 0 Å². The third-order valence-electron chi connectivity index (χ3n) is 6.49. The molecule has 4 fully saturated rings. The van der Waals surface area contributed by atoms with E-state index < -0.39 is 11.6 Å². The van der Waals surface area contributed by atoms with Crippen molar-refractivity contribution in [2.24, 2.45) is 17.8 Å². The van der Waals surface area contributed by atoms with Gasteiger partial charge in [0.15, 0.2) is 11.6 Å². The lowest BCUT2D eigenvalue weighted by atomic mass is 9.53. The summed E-state index contributed by atoms with van der Waals surface area (Å²) in [6, 6.07) is 3.35. The molecule has 4 bridgehead atoms. The lowest BCUT2D eigenvalue weighted by Gasteiger charge is -2.57. The predicted octanol–water partition coefficient (Wildman–Crippen LogP) is 4.46. The first-order valence-electron chi connectivity index (χ1n) is 9.60. The van der Waals surface area contributed by atoms with Crippen LogP contribution in [0, 0.1) is 29.4 Å². The third kappa shape index (κ3) is 2.99. The predicted molar refractivity (Wildman–Crippen MR) is 101 cm³/mol. The highest BCUT2D eigenvalue weighted by Gasteiger charge is 2.51. The van der Waals surface area contributed by atoms with Gasteiger partial charge in [0.25, 0.3) is 0 Å². The normalized spacial score (nSPS) is 31.1. The number of hydrogen-bond acceptors (Lipinski definition) is 5. The number of nitrogens with zero attached hydrogens (tertiary/aromatic N) is 2. The van der Waals surface area contributed by atoms with Gasteiger partial charge in [-0.3, -0.25) is 0 Å². The quantitative estimate of drug-likeness (QED) is 0.740. The summed E-state index contributed by atoms with van der Waals surface area (Å²) in [5, 5.41) is 6.49. The number of anilines is 4. The second kappa shape index (κ2) is 6.04. The summed E-state index contributed by atoms with van der Waals surface area (Å²) in [6.45, 7) is 0. The van der Waals surface area contributed by atoms with Crippen molar-refractivity contribution >= 4 is 23.0 Å². The zero-order valence-electron chi connectivity index (χ0n) is 15.0. The molecule has 0 saturated heterocycles. The van der Waals surface area contributed by atoms with Crippen molar-refractivity contribution in [1.29, 1.82) is 0 Å². The van der Waals surface area contributed by atoms with E-state index in [1.807, 2.05) is 0 Å². The van der Waals surface area contributed by atoms with Gasteiger partial charge in [0.2, 0.25) is 0 Å². The molecule has 4 aliphatic carbocycles. The number of benzene rings is 1. The molecule has 0 atom stereocenters. The molecule has 1 aromatic carbocycles. The lowest BCUT2D eigenvalue weighted by molar-refractivity contribution is 0.0106. The van der Waals surface area contributed by atoms with Crippen LogP contribution < -0.4 is 16.4 Å². The molecule has 4 aliphatic rings. The number of hydrogen-bond donors (Lipinski definition) is 3. The van der Waals surface area contributed by atoms with Crippen LogP contribution in [-0.2, 0) is 0 Å². The first-order valence-corrected chi connectivity index (χ1v) is 9.60. The standard InChI is InChI=1S/C20H23F2N5/c21-14-1-2-16(15(22)6-14)26-18-17(23)19(25-10-24-18)27-20-7-11-3-12(8-20)5-13(4-11)9-20/h1-2,6,10-13H,3-5,7-9,23H2,(H2,24,25,26,27). The highest BCUT2D eigenvalue weighted by molar-refractivity contribution is 5.78. The van der Waals surface area contributed by atoms with E-state index >= 15 is 0 Å². The van der Waals surface area contributed by atoms with Crippen molar-refractivity contribution in [3.63, 3.8) is 0 Å². The van der Waals surface area contributed by atoms with Gasteiger partial charge in [0.05, 0.1) is 5.69 Å². The third-order valence-corrected chi connectivity index (χ3v) is 6.49. The van der Waals surface area contributed by atoms with Gasteiger partial charge in [-0.25, -0.2) is 18.7 Å². The highest BCUT2D eigenvalue weighted by atomic mass is 19.1. The van der Waals surface area contributed by atoms with Crippen LogP contribution in [0.25, 0.3) is 0 Å². The SMILES string of the molecule is Nc1c(Nc2ccc(F)cc2F)ncnc1NC12CC3CC(CC(C3)C1)C2. The minimum Gasteiger partial charge on any atom is -0.393 e. The van der Waals surface area contributed by atoms with Gasteiger partial charge in [-0.05, 0) is 68.4 Å². The maximum Gasteiger partial charge on any atom is 0.159 e. The molecular weight excluding hydrogens is 348 g/mol. The highest BCUT2D eigenvalue weighted by Crippen LogP contribution is 2.56. The summed E-state index contributed by atoms with van der Waals surface area (Å²) in [7, 11) is 0. The number of nitrogens with one attached hydrogen (secondary N) is 2. The van der Waals surface area contributed by atoms with Crippen LogP contribution >= 0.6 is 0 Å². The smallest absolute Gasteiger partial charge is 0.159 e. The Labute approximate surface area is 156 Å². The molecule has 4 saturated carbocycles. The molecule has 0 amide bonds. The summed E-state index contributed by atoms with van der Waals surface area (Å²) in [6.07, 6.45) is 8.99. The fourth-order valence-electron chi connectivity index (χ4n) is 5.83. The molecule has 142 valence electrons. The summed E-state index contributed by atoms with van der Waals surface area (Å²) in [4.78, 5) is 8.50. The molecule has 6 rings (SSSR count). The number of rotatable bonds is 4. The molecule has 7 heteroatoms. The van der Waals surface area contributed by atoms with Crippen LogP contribution in [0.15, 0.2) is 24.5 Å². The number of halogens is 2. The molecular formula is C20H23F2N5. The summed E-state index contributed by atoms with van der Waals surface area (Å²) in [5.74, 6) is 2.01. The molecule has 0 aliphatic heterocycles. The molecule has 0 unspecified atom stereocenters. The fraction of sp³-hybridized carbons (Fsp3) is 0.500. The lowest BCUT2D eigenvalue weighted by Crippen LogP contribution is -2.55. The molecule has 5 nitrogen and oxygen atoms in total. The summed E-state index contributed by atoms with van der Waals surface area (Å²) in [5.41, 5.74) is 6.84. The van der Waals surface area contributed by atoms with Gasteiger partial charge in [0.1, 0.15) is 23.6 Å². The monoisotopic (exact) mass is 371 g/mol. The first kappa shape index (κ1) is 16.7. The average Bonchev–Trinajstić information content (AvgIpc) is 2.59. The fourth-order valence-corrected chi connectivity index (χ4v) is 5.83. The van der Waals surface area contributed by atoms with E-state index in [-0.39, 0.29) is 11.2 Å². The maximum absolute atomic E-state index is 14.0. The van der Waals surface area contributed by atoms with Gasteiger partial charge in [0, 0.05) is 11.6 Å². The molecule has 2 aromatic rings. The van der Waals surface area contributed by atoms with Crippen molar-refractivity contribution in [2.45, 2.75) is 44.1 Å². The summed E-state index contributed by atoms with van der Waals surface area (Å²) < 4.78 is 27.1. The Bertz CT molecular complexity index is 849. The van der Waals surface area contributed by atoms with E-state index in [0.717, 1.165) is 23.8 Å². The first-order chi connectivity index (χ1) is 13.0. The van der Waals surface area contributed by atoms with Gasteiger partial charge in [-0.1, -0.05) is 0 Å². The molecule has 0 spiro atoms. The van der Waals surface area contributed by atoms with Crippen LogP contribution in [0.5, 0.6) is 0 Å². The minimum atomic E-state index is -0.691.